The number of carbonyl (C=O) groups excluding carboxylic acids is 1. The van der Waals surface area contributed by atoms with E-state index in [0.29, 0.717) is 30.5 Å². The zero-order chi connectivity index (χ0) is 15.5. The van der Waals surface area contributed by atoms with Crippen LogP contribution in [0, 0.1) is 11.8 Å². The van der Waals surface area contributed by atoms with Crippen molar-refractivity contribution in [3.63, 3.8) is 0 Å². The Balaban J connectivity index is 1.51. The molecule has 1 aliphatic carbocycles. The molecule has 0 radical (unpaired) electrons. The maximum absolute atomic E-state index is 12.8. The van der Waals surface area contributed by atoms with Gasteiger partial charge in [-0.15, -0.1) is 0 Å². The lowest BCUT2D eigenvalue weighted by Crippen LogP contribution is -2.53. The third-order valence-electron chi connectivity index (χ3n) is 6.30. The van der Waals surface area contributed by atoms with Gasteiger partial charge in [-0.3, -0.25) is 9.69 Å². The first-order chi connectivity index (χ1) is 10.6. The molecular weight excluding hydrogens is 274 g/mol. The van der Waals surface area contributed by atoms with Gasteiger partial charge in [-0.05, 0) is 70.4 Å². The van der Waals surface area contributed by atoms with Crippen molar-refractivity contribution in [2.45, 2.75) is 70.4 Å². The van der Waals surface area contributed by atoms with E-state index < -0.39 is 0 Å². The number of hydrogen-bond donors (Lipinski definition) is 1. The minimum absolute atomic E-state index is 0.294. The van der Waals surface area contributed by atoms with E-state index in [1.165, 1.54) is 38.5 Å². The Morgan fingerprint density at radius 3 is 2.45 bits per heavy atom. The van der Waals surface area contributed by atoms with Gasteiger partial charge in [-0.25, -0.2) is 0 Å². The van der Waals surface area contributed by atoms with Crippen molar-refractivity contribution in [3.8, 4) is 0 Å². The fraction of sp³-hybridized carbons (Fsp3) is 0.944. The van der Waals surface area contributed by atoms with Gasteiger partial charge in [0, 0.05) is 18.6 Å². The average Bonchev–Trinajstić information content (AvgIpc) is 2.54. The van der Waals surface area contributed by atoms with Crippen molar-refractivity contribution >= 4 is 5.91 Å². The zero-order valence-corrected chi connectivity index (χ0v) is 14.2. The Morgan fingerprint density at radius 1 is 1.05 bits per heavy atom. The molecule has 2 saturated heterocycles. The predicted octanol–water partition coefficient (Wildman–Crippen LogP) is 2.23. The second-order valence-electron chi connectivity index (χ2n) is 7.81. The molecule has 3 aliphatic rings. The van der Waals surface area contributed by atoms with Crippen LogP contribution >= 0.6 is 0 Å². The van der Waals surface area contributed by atoms with Crippen LogP contribution < -0.4 is 5.73 Å². The van der Waals surface area contributed by atoms with Gasteiger partial charge in [-0.2, -0.15) is 0 Å². The lowest BCUT2D eigenvalue weighted by atomic mass is 9.78. The van der Waals surface area contributed by atoms with E-state index in [1.54, 1.807) is 0 Å². The van der Waals surface area contributed by atoms with E-state index in [-0.39, 0.29) is 0 Å². The van der Waals surface area contributed by atoms with Gasteiger partial charge < -0.3 is 10.6 Å². The molecule has 4 nitrogen and oxygen atoms in total. The summed E-state index contributed by atoms with van der Waals surface area (Å²) in [5, 5.41) is 0. The summed E-state index contributed by atoms with van der Waals surface area (Å²) in [5.41, 5.74) is 6.01. The zero-order valence-electron chi connectivity index (χ0n) is 14.2. The molecule has 3 rings (SSSR count). The second kappa shape index (κ2) is 7.31. The molecule has 3 fully saturated rings. The molecule has 3 atom stereocenters. The van der Waals surface area contributed by atoms with Crippen LogP contribution in [0.2, 0.25) is 0 Å². The lowest BCUT2D eigenvalue weighted by molar-refractivity contribution is -0.139. The smallest absolute Gasteiger partial charge is 0.237 e. The van der Waals surface area contributed by atoms with Crippen LogP contribution in [0.5, 0.6) is 0 Å². The largest absolute Gasteiger partial charge is 0.338 e. The van der Waals surface area contributed by atoms with E-state index in [1.807, 2.05) is 0 Å². The summed E-state index contributed by atoms with van der Waals surface area (Å²) in [7, 11) is 0. The molecule has 2 heterocycles. The van der Waals surface area contributed by atoms with Gasteiger partial charge in [-0.1, -0.05) is 12.8 Å². The highest BCUT2D eigenvalue weighted by Crippen LogP contribution is 2.35. The van der Waals surface area contributed by atoms with Gasteiger partial charge >= 0.3 is 0 Å². The van der Waals surface area contributed by atoms with Crippen molar-refractivity contribution < 1.29 is 4.79 Å². The number of amides is 1. The Labute approximate surface area is 135 Å². The SMILES string of the molecule is CC(N)C1CCN(CC(=O)N2CCCC3CCCCC32)CC1. The fourth-order valence-corrected chi connectivity index (χ4v) is 4.85. The number of likely N-dealkylation sites (tertiary alicyclic amines) is 2. The Kier molecular flexibility index (Phi) is 5.40. The molecule has 0 aromatic heterocycles. The second-order valence-corrected chi connectivity index (χ2v) is 7.81. The minimum Gasteiger partial charge on any atom is -0.338 e. The van der Waals surface area contributed by atoms with Crippen molar-refractivity contribution in [2.75, 3.05) is 26.2 Å². The summed E-state index contributed by atoms with van der Waals surface area (Å²) in [6.07, 6.45) is 10.1. The third kappa shape index (κ3) is 3.65. The number of nitrogens with two attached hydrogens (primary N) is 1. The molecule has 0 spiro atoms. The molecule has 3 unspecified atom stereocenters. The summed E-state index contributed by atoms with van der Waals surface area (Å²) >= 11 is 0. The van der Waals surface area contributed by atoms with Gasteiger partial charge in [0.2, 0.25) is 5.91 Å². The monoisotopic (exact) mass is 307 g/mol. The van der Waals surface area contributed by atoms with E-state index in [2.05, 4.69) is 16.7 Å². The highest BCUT2D eigenvalue weighted by molar-refractivity contribution is 5.78. The van der Waals surface area contributed by atoms with E-state index in [4.69, 9.17) is 5.73 Å². The first kappa shape index (κ1) is 16.3. The summed E-state index contributed by atoms with van der Waals surface area (Å²) in [6.45, 7) is 5.83. The van der Waals surface area contributed by atoms with Crippen molar-refractivity contribution in [3.05, 3.63) is 0 Å². The summed E-state index contributed by atoms with van der Waals surface area (Å²) in [6, 6.07) is 0.847. The van der Waals surface area contributed by atoms with E-state index in [9.17, 15) is 4.79 Å². The number of carbonyl (C=O) groups is 1. The standard InChI is InChI=1S/C18H33N3O/c1-14(19)15-8-11-20(12-9-15)13-18(22)21-10-4-6-16-5-2-3-7-17(16)21/h14-17H,2-13,19H2,1H3. The van der Waals surface area contributed by atoms with Gasteiger partial charge in [0.15, 0.2) is 0 Å². The first-order valence-corrected chi connectivity index (χ1v) is 9.42. The van der Waals surface area contributed by atoms with Crippen LogP contribution in [0.1, 0.15) is 58.3 Å². The Hall–Kier alpha value is -0.610. The van der Waals surface area contributed by atoms with Crippen LogP contribution in [0.3, 0.4) is 0 Å². The van der Waals surface area contributed by atoms with Crippen LogP contribution in [-0.2, 0) is 4.79 Å². The molecule has 1 saturated carbocycles. The van der Waals surface area contributed by atoms with Gasteiger partial charge in [0.05, 0.1) is 6.54 Å². The highest BCUT2D eigenvalue weighted by Gasteiger charge is 2.36. The van der Waals surface area contributed by atoms with Crippen LogP contribution in [-0.4, -0.2) is 54.0 Å². The van der Waals surface area contributed by atoms with Crippen molar-refractivity contribution in [2.24, 2.45) is 17.6 Å². The number of hydrogen-bond acceptors (Lipinski definition) is 3. The maximum Gasteiger partial charge on any atom is 0.237 e. The van der Waals surface area contributed by atoms with Crippen molar-refractivity contribution in [1.29, 1.82) is 0 Å². The molecule has 4 heteroatoms. The number of piperidine rings is 2. The number of rotatable bonds is 3. The van der Waals surface area contributed by atoms with Crippen molar-refractivity contribution in [1.82, 2.24) is 9.80 Å². The van der Waals surface area contributed by atoms with E-state index in [0.717, 1.165) is 38.4 Å². The number of nitrogens with zero attached hydrogens (tertiary/aromatic N) is 2. The first-order valence-electron chi connectivity index (χ1n) is 9.42. The lowest BCUT2D eigenvalue weighted by Gasteiger charge is -2.45. The van der Waals surface area contributed by atoms with Gasteiger partial charge in [0.25, 0.3) is 0 Å². The predicted molar refractivity (Wildman–Crippen MR) is 89.5 cm³/mol. The molecule has 0 aromatic carbocycles. The van der Waals surface area contributed by atoms with Crippen LogP contribution in [0.25, 0.3) is 0 Å². The molecule has 126 valence electrons. The van der Waals surface area contributed by atoms with E-state index >= 15 is 0 Å². The van der Waals surface area contributed by atoms with Crippen LogP contribution in [0.15, 0.2) is 0 Å². The Morgan fingerprint density at radius 2 is 1.73 bits per heavy atom. The summed E-state index contributed by atoms with van der Waals surface area (Å²) in [5.74, 6) is 1.81. The van der Waals surface area contributed by atoms with Gasteiger partial charge in [0.1, 0.15) is 0 Å². The molecular formula is C18H33N3O. The Bertz CT molecular complexity index is 375. The quantitative estimate of drug-likeness (QED) is 0.870. The molecule has 0 bridgehead atoms. The topological polar surface area (TPSA) is 49.6 Å². The summed E-state index contributed by atoms with van der Waals surface area (Å²) in [4.78, 5) is 17.4. The molecule has 1 amide bonds. The highest BCUT2D eigenvalue weighted by atomic mass is 16.2. The molecule has 2 aliphatic heterocycles. The minimum atomic E-state index is 0.294. The molecule has 2 N–H and O–H groups in total. The normalized spacial score (nSPS) is 32.5. The summed E-state index contributed by atoms with van der Waals surface area (Å²) < 4.78 is 0. The number of fused-ring (bicyclic) bond motifs is 1. The fourth-order valence-electron chi connectivity index (χ4n) is 4.85. The third-order valence-corrected chi connectivity index (χ3v) is 6.30. The molecule has 0 aromatic rings. The maximum atomic E-state index is 12.8. The average molecular weight is 307 g/mol. The van der Waals surface area contributed by atoms with Crippen LogP contribution in [0.4, 0.5) is 0 Å². The molecule has 22 heavy (non-hydrogen) atoms.